The van der Waals surface area contributed by atoms with Crippen molar-refractivity contribution in [3.8, 4) is 5.69 Å². The molecule has 0 unspecified atom stereocenters. The fourth-order valence-electron chi connectivity index (χ4n) is 2.50. The molecular formula is C18H21N5. The summed E-state index contributed by atoms with van der Waals surface area (Å²) in [6, 6.07) is 12.1. The number of nitrogens with zero attached hydrogens (tertiary/aromatic N) is 4. The molecule has 3 rings (SSSR count). The Labute approximate surface area is 136 Å². The van der Waals surface area contributed by atoms with Crippen LogP contribution in [0.15, 0.2) is 48.9 Å². The lowest BCUT2D eigenvalue weighted by Gasteiger charge is -2.07. The SMILES string of the molecule is Cc1cc(NCc2cn(-c3ccccc3)nc2C(C)C)ncn1. The highest BCUT2D eigenvalue weighted by Gasteiger charge is 2.13. The Morgan fingerprint density at radius 3 is 2.61 bits per heavy atom. The van der Waals surface area contributed by atoms with Crippen LogP contribution in [0.1, 0.15) is 36.7 Å². The van der Waals surface area contributed by atoms with Gasteiger partial charge in [0.2, 0.25) is 0 Å². The number of aromatic nitrogens is 4. The zero-order valence-electron chi connectivity index (χ0n) is 13.7. The van der Waals surface area contributed by atoms with E-state index in [9.17, 15) is 0 Å². The molecule has 5 heteroatoms. The van der Waals surface area contributed by atoms with Gasteiger partial charge in [0.05, 0.1) is 11.4 Å². The van der Waals surface area contributed by atoms with Crippen molar-refractivity contribution >= 4 is 5.82 Å². The number of hydrogen-bond acceptors (Lipinski definition) is 4. The van der Waals surface area contributed by atoms with Gasteiger partial charge in [-0.1, -0.05) is 32.0 Å². The third kappa shape index (κ3) is 3.56. The van der Waals surface area contributed by atoms with E-state index in [0.717, 1.165) is 22.9 Å². The Balaban J connectivity index is 1.84. The molecule has 118 valence electrons. The van der Waals surface area contributed by atoms with Crippen LogP contribution in [0.4, 0.5) is 5.82 Å². The average molecular weight is 307 g/mol. The van der Waals surface area contributed by atoms with E-state index in [0.29, 0.717) is 12.5 Å². The normalized spacial score (nSPS) is 11.0. The van der Waals surface area contributed by atoms with Gasteiger partial charge in [0.15, 0.2) is 0 Å². The minimum absolute atomic E-state index is 0.365. The highest BCUT2D eigenvalue weighted by molar-refractivity contribution is 5.38. The molecule has 5 nitrogen and oxygen atoms in total. The summed E-state index contributed by atoms with van der Waals surface area (Å²) in [6.45, 7) is 6.97. The summed E-state index contributed by atoms with van der Waals surface area (Å²) >= 11 is 0. The van der Waals surface area contributed by atoms with E-state index in [1.54, 1.807) is 6.33 Å². The summed E-state index contributed by atoms with van der Waals surface area (Å²) in [6.07, 6.45) is 3.67. The lowest BCUT2D eigenvalue weighted by Crippen LogP contribution is -2.04. The minimum atomic E-state index is 0.365. The van der Waals surface area contributed by atoms with Gasteiger partial charge in [0.25, 0.3) is 0 Å². The number of nitrogens with one attached hydrogen (secondary N) is 1. The lowest BCUT2D eigenvalue weighted by molar-refractivity contribution is 0.763. The maximum atomic E-state index is 4.75. The van der Waals surface area contributed by atoms with Gasteiger partial charge in [-0.25, -0.2) is 14.6 Å². The quantitative estimate of drug-likeness (QED) is 0.781. The second-order valence-electron chi connectivity index (χ2n) is 5.87. The van der Waals surface area contributed by atoms with Crippen LogP contribution >= 0.6 is 0 Å². The highest BCUT2D eigenvalue weighted by Crippen LogP contribution is 2.21. The van der Waals surface area contributed by atoms with Crippen molar-refractivity contribution in [1.29, 1.82) is 0 Å². The first-order chi connectivity index (χ1) is 11.1. The van der Waals surface area contributed by atoms with Crippen LogP contribution in [0.5, 0.6) is 0 Å². The summed E-state index contributed by atoms with van der Waals surface area (Å²) in [5.74, 6) is 1.20. The summed E-state index contributed by atoms with van der Waals surface area (Å²) < 4.78 is 1.94. The minimum Gasteiger partial charge on any atom is -0.366 e. The number of benzene rings is 1. The molecule has 3 aromatic rings. The molecule has 0 amide bonds. The third-order valence-electron chi connectivity index (χ3n) is 3.65. The molecule has 23 heavy (non-hydrogen) atoms. The van der Waals surface area contributed by atoms with Crippen LogP contribution in [0.2, 0.25) is 0 Å². The molecule has 0 aliphatic rings. The molecule has 0 saturated carbocycles. The Morgan fingerprint density at radius 1 is 1.13 bits per heavy atom. The zero-order chi connectivity index (χ0) is 16.2. The number of rotatable bonds is 5. The van der Waals surface area contributed by atoms with Gasteiger partial charge in [-0.15, -0.1) is 0 Å². The van der Waals surface area contributed by atoms with Gasteiger partial charge >= 0.3 is 0 Å². The zero-order valence-corrected chi connectivity index (χ0v) is 13.7. The lowest BCUT2D eigenvalue weighted by atomic mass is 10.1. The van der Waals surface area contributed by atoms with Gasteiger partial charge in [-0.05, 0) is 25.0 Å². The summed E-state index contributed by atoms with van der Waals surface area (Å²) in [5.41, 5.74) is 4.30. The molecule has 0 aliphatic heterocycles. The molecule has 0 radical (unpaired) electrons. The number of aryl methyl sites for hydroxylation is 1. The molecule has 0 saturated heterocycles. The first kappa shape index (κ1) is 15.2. The summed E-state index contributed by atoms with van der Waals surface area (Å²) in [4.78, 5) is 8.36. The van der Waals surface area contributed by atoms with E-state index >= 15 is 0 Å². The molecule has 0 fully saturated rings. The molecule has 2 heterocycles. The molecule has 0 atom stereocenters. The fraction of sp³-hybridized carbons (Fsp3) is 0.278. The first-order valence-electron chi connectivity index (χ1n) is 7.80. The van der Waals surface area contributed by atoms with Gasteiger partial charge in [-0.2, -0.15) is 5.10 Å². The van der Waals surface area contributed by atoms with E-state index in [2.05, 4.69) is 47.5 Å². The van der Waals surface area contributed by atoms with Gasteiger partial charge < -0.3 is 5.32 Å². The molecule has 0 aliphatic carbocycles. The van der Waals surface area contributed by atoms with Gasteiger partial charge in [-0.3, -0.25) is 0 Å². The van der Waals surface area contributed by atoms with Crippen molar-refractivity contribution in [1.82, 2.24) is 19.7 Å². The van der Waals surface area contributed by atoms with Crippen molar-refractivity contribution in [2.45, 2.75) is 33.2 Å². The van der Waals surface area contributed by atoms with E-state index < -0.39 is 0 Å². The predicted octanol–water partition coefficient (Wildman–Crippen LogP) is 3.71. The topological polar surface area (TPSA) is 55.6 Å². The summed E-state index contributed by atoms with van der Waals surface area (Å²) in [7, 11) is 0. The van der Waals surface area contributed by atoms with Crippen LogP contribution in [0.25, 0.3) is 5.69 Å². The second kappa shape index (κ2) is 6.60. The predicted molar refractivity (Wildman–Crippen MR) is 91.7 cm³/mol. The number of hydrogen-bond donors (Lipinski definition) is 1. The first-order valence-corrected chi connectivity index (χ1v) is 7.80. The molecular weight excluding hydrogens is 286 g/mol. The van der Waals surface area contributed by atoms with Crippen LogP contribution < -0.4 is 5.32 Å². The van der Waals surface area contributed by atoms with Crippen molar-refractivity contribution in [3.05, 3.63) is 65.9 Å². The van der Waals surface area contributed by atoms with Gasteiger partial charge in [0.1, 0.15) is 12.1 Å². The molecule has 0 bridgehead atoms. The van der Waals surface area contributed by atoms with Crippen molar-refractivity contribution in [2.24, 2.45) is 0 Å². The number of para-hydroxylation sites is 1. The Kier molecular flexibility index (Phi) is 4.37. The third-order valence-corrected chi connectivity index (χ3v) is 3.65. The summed E-state index contributed by atoms with van der Waals surface area (Å²) in [5, 5.41) is 8.11. The van der Waals surface area contributed by atoms with E-state index in [1.807, 2.05) is 35.9 Å². The van der Waals surface area contributed by atoms with Gasteiger partial charge in [0, 0.05) is 30.1 Å². The Bertz CT molecular complexity index is 777. The van der Waals surface area contributed by atoms with Crippen LogP contribution in [0.3, 0.4) is 0 Å². The molecule has 0 spiro atoms. The van der Waals surface area contributed by atoms with Crippen LogP contribution in [-0.4, -0.2) is 19.7 Å². The standard InChI is InChI=1S/C18H21N5/c1-13(2)18-15(10-19-17-9-14(3)20-12-21-17)11-23(22-18)16-7-5-4-6-8-16/h4-9,11-13H,10H2,1-3H3,(H,19,20,21). The van der Waals surface area contributed by atoms with E-state index in [4.69, 9.17) is 5.10 Å². The Hall–Kier alpha value is -2.69. The van der Waals surface area contributed by atoms with Crippen molar-refractivity contribution in [3.63, 3.8) is 0 Å². The van der Waals surface area contributed by atoms with Crippen LogP contribution in [0, 0.1) is 6.92 Å². The second-order valence-corrected chi connectivity index (χ2v) is 5.87. The number of anilines is 1. The molecule has 1 N–H and O–H groups in total. The van der Waals surface area contributed by atoms with Crippen LogP contribution in [-0.2, 0) is 6.54 Å². The van der Waals surface area contributed by atoms with Crippen molar-refractivity contribution < 1.29 is 0 Å². The monoisotopic (exact) mass is 307 g/mol. The van der Waals surface area contributed by atoms with E-state index in [1.165, 1.54) is 5.56 Å². The highest BCUT2D eigenvalue weighted by atomic mass is 15.3. The average Bonchev–Trinajstić information content (AvgIpc) is 2.98. The molecule has 1 aromatic carbocycles. The van der Waals surface area contributed by atoms with Crippen molar-refractivity contribution in [2.75, 3.05) is 5.32 Å². The maximum Gasteiger partial charge on any atom is 0.129 e. The smallest absolute Gasteiger partial charge is 0.129 e. The molecule has 2 aromatic heterocycles. The Morgan fingerprint density at radius 2 is 1.91 bits per heavy atom. The largest absolute Gasteiger partial charge is 0.366 e. The maximum absolute atomic E-state index is 4.75. The fourth-order valence-corrected chi connectivity index (χ4v) is 2.50. The van der Waals surface area contributed by atoms with E-state index in [-0.39, 0.29) is 0 Å².